The lowest BCUT2D eigenvalue weighted by Gasteiger charge is -2.31. The van der Waals surface area contributed by atoms with Gasteiger partial charge in [-0.25, -0.2) is 62.3 Å². The second-order valence-corrected chi connectivity index (χ2v) is 31.6. The van der Waals surface area contributed by atoms with Gasteiger partial charge in [-0.1, -0.05) is 189 Å². The Bertz CT molecular complexity index is 5500. The van der Waals surface area contributed by atoms with Crippen molar-refractivity contribution in [2.24, 2.45) is 22.7 Å². The molecular weight excluding hydrogens is 1820 g/mol. The molecule has 0 N–H and O–H groups in total. The lowest BCUT2D eigenvalue weighted by molar-refractivity contribution is -0.0643. The largest absolute Gasteiger partial charge is 0.497 e. The third-order valence-corrected chi connectivity index (χ3v) is 21.1. The smallest absolute Gasteiger partial charge is 0.338 e. The Morgan fingerprint density at radius 2 is 0.289 bits per heavy atom. The molecule has 0 heterocycles. The molecule has 29 heteroatoms. The lowest BCUT2D eigenvalue weighted by atomic mass is 9.88. The zero-order valence-electron chi connectivity index (χ0n) is 78.2. The number of benzene rings is 13. The molecule has 13 rings (SSSR count). The Kier molecular flexibility index (Phi) is 43.0. The SMILES string of the molecule is CCC(COC(=O)c1ccccc1)(COC(=O)c1ccccc1)COC(=O)c1ccccc1.COc1ccc(C(=O)OCC(COC(=O)c2ccc(OC)cc2)COC(=O)c2ccc(OC)cc2)cc1.O=C(OCC(COC(=O)c1ccccc1)(COC(=O)c1ccccc1)COC(=O)c1ccccc1)c1ccccc1.O=C(OCC(COC(=O)c1ccccc1)COC(=O)c1ccccc1)c1ccccc1. The summed E-state index contributed by atoms with van der Waals surface area (Å²) in [6.07, 6.45) is 0.444. The van der Waals surface area contributed by atoms with Crippen LogP contribution in [0, 0.1) is 22.7 Å². The first kappa shape index (κ1) is 106. The highest BCUT2D eigenvalue weighted by Crippen LogP contribution is 2.29. The summed E-state index contributed by atoms with van der Waals surface area (Å²) in [7, 11) is 4.58. The van der Waals surface area contributed by atoms with Crippen LogP contribution in [0.25, 0.3) is 0 Å². The summed E-state index contributed by atoms with van der Waals surface area (Å²) in [6, 6.07) is 104. The van der Waals surface area contributed by atoms with Gasteiger partial charge in [0.1, 0.15) is 109 Å². The van der Waals surface area contributed by atoms with E-state index >= 15 is 0 Å². The summed E-state index contributed by atoms with van der Waals surface area (Å²) in [5, 5.41) is 0. The van der Waals surface area contributed by atoms with Crippen LogP contribution in [0.1, 0.15) is 148 Å². The van der Waals surface area contributed by atoms with E-state index in [1.807, 2.05) is 6.92 Å². The van der Waals surface area contributed by atoms with E-state index in [0.717, 1.165) is 0 Å². The molecule has 0 bridgehead atoms. The summed E-state index contributed by atoms with van der Waals surface area (Å²) in [4.78, 5) is 163. The number of methoxy groups -OCH3 is 3. The fourth-order valence-corrected chi connectivity index (χ4v) is 12.7. The molecule has 29 nitrogen and oxygen atoms in total. The average Bonchev–Trinajstić information content (AvgIpc) is 0.832. The fourth-order valence-electron chi connectivity index (χ4n) is 12.7. The summed E-state index contributed by atoms with van der Waals surface area (Å²) in [5.41, 5.74) is 2.27. The summed E-state index contributed by atoms with van der Waals surface area (Å²) >= 11 is 0. The Morgan fingerprint density at radius 3 is 0.415 bits per heavy atom. The first-order valence-corrected chi connectivity index (χ1v) is 44.7. The van der Waals surface area contributed by atoms with Crippen LogP contribution in [-0.2, 0) is 61.6 Å². The highest BCUT2D eigenvalue weighted by molar-refractivity contribution is 5.95. The van der Waals surface area contributed by atoms with Gasteiger partial charge in [0, 0.05) is 0 Å². The van der Waals surface area contributed by atoms with Crippen LogP contribution >= 0.6 is 0 Å². The molecule has 0 atom stereocenters. The Balaban J connectivity index is 0.000000196. The third-order valence-electron chi connectivity index (χ3n) is 21.1. The van der Waals surface area contributed by atoms with Gasteiger partial charge < -0.3 is 75.8 Å². The molecular formula is C113H104O29. The number of carbonyl (C=O) groups excluding carboxylic acids is 13. The second-order valence-electron chi connectivity index (χ2n) is 31.6. The van der Waals surface area contributed by atoms with Gasteiger partial charge in [-0.3, -0.25) is 0 Å². The number of esters is 13. The molecule has 0 aliphatic carbocycles. The van der Waals surface area contributed by atoms with Gasteiger partial charge in [0.15, 0.2) is 0 Å². The molecule has 0 aliphatic rings. The highest BCUT2D eigenvalue weighted by Gasteiger charge is 2.40. The standard InChI is InChI=1S/C33H28O8.C28H28O9.C27H26O6.C25H22O6/c34-29(25-13-5-1-6-14-25)38-21-33(22-39-30(35)26-15-7-2-8-16-26,23-40-31(36)27-17-9-3-10-18-27)24-41-32(37)28-19-11-4-12-20-28;1-32-23-10-4-20(5-11-23)26(29)35-16-19(17-36-27(30)21-6-12-24(33-2)13-7-21)18-37-28(31)22-8-14-25(34-3)15-9-22;1-2-27(18-31-24(28)21-12-6-3-7-13-21,19-32-25(29)22-14-8-4-9-15-22)20-33-26(30)23-16-10-5-11-17-23;26-23(20-10-4-1-5-11-20)29-16-19(17-30-24(27)21-12-6-2-7-13-21)18-31-25(28)22-14-8-3-9-15-22/h1-20H,21-24H2;4-15,19H,16-18H2,1-3H3;3-17H,2,18-20H2,1H3;1-15,19H,16-18H2. The maximum Gasteiger partial charge on any atom is 0.338 e. The molecule has 0 unspecified atom stereocenters. The van der Waals surface area contributed by atoms with Crippen molar-refractivity contribution < 1.29 is 138 Å². The first-order chi connectivity index (χ1) is 69.0. The van der Waals surface area contributed by atoms with Crippen LogP contribution in [0.2, 0.25) is 0 Å². The van der Waals surface area contributed by atoms with Gasteiger partial charge in [-0.15, -0.1) is 0 Å². The number of ether oxygens (including phenoxy) is 16. The van der Waals surface area contributed by atoms with Crippen LogP contribution in [0.15, 0.2) is 376 Å². The highest BCUT2D eigenvalue weighted by atomic mass is 16.6. The van der Waals surface area contributed by atoms with E-state index in [-0.39, 0.29) is 85.9 Å². The Labute approximate surface area is 820 Å². The number of carbonyl (C=O) groups is 13. The molecule has 13 aromatic rings. The molecule has 0 spiro atoms. The molecule has 0 saturated heterocycles. The monoisotopic (exact) mass is 1920 g/mol. The molecule has 142 heavy (non-hydrogen) atoms. The van der Waals surface area contributed by atoms with Gasteiger partial charge in [0.2, 0.25) is 0 Å². The maximum atomic E-state index is 12.8. The van der Waals surface area contributed by atoms with Crippen molar-refractivity contribution in [2.45, 2.75) is 13.3 Å². The van der Waals surface area contributed by atoms with Gasteiger partial charge >= 0.3 is 77.6 Å². The molecule has 0 radical (unpaired) electrons. The normalized spacial score (nSPS) is 10.6. The first-order valence-electron chi connectivity index (χ1n) is 44.7. The minimum absolute atomic E-state index is 0.0716. The van der Waals surface area contributed by atoms with E-state index < -0.39 is 100 Å². The molecule has 0 saturated carbocycles. The number of hydrogen-bond donors (Lipinski definition) is 0. The van der Waals surface area contributed by atoms with Crippen molar-refractivity contribution in [1.29, 1.82) is 0 Å². The zero-order valence-corrected chi connectivity index (χ0v) is 78.2. The fraction of sp³-hybridized carbons (Fsp3) is 0.195. The summed E-state index contributed by atoms with van der Waals surface area (Å²) < 4.78 is 86.5. The molecule has 0 amide bonds. The minimum Gasteiger partial charge on any atom is -0.497 e. The van der Waals surface area contributed by atoms with Crippen LogP contribution < -0.4 is 14.2 Å². The molecule has 0 aliphatic heterocycles. The van der Waals surface area contributed by atoms with Crippen molar-refractivity contribution >= 4 is 77.6 Å². The molecule has 0 aromatic heterocycles. The van der Waals surface area contributed by atoms with E-state index in [1.165, 1.54) is 21.3 Å². The van der Waals surface area contributed by atoms with Crippen LogP contribution in [-0.4, -0.2) is 185 Å². The summed E-state index contributed by atoms with van der Waals surface area (Å²) in [6.45, 7) is -0.551. The second kappa shape index (κ2) is 57.4. The summed E-state index contributed by atoms with van der Waals surface area (Å²) in [5.74, 6) is -6.64. The minimum atomic E-state index is -1.43. The van der Waals surface area contributed by atoms with Gasteiger partial charge in [0.25, 0.3) is 0 Å². The Morgan fingerprint density at radius 1 is 0.169 bits per heavy atom. The van der Waals surface area contributed by atoms with Crippen molar-refractivity contribution in [3.8, 4) is 17.2 Å². The van der Waals surface area contributed by atoms with Crippen molar-refractivity contribution in [2.75, 3.05) is 107 Å². The maximum absolute atomic E-state index is 12.8. The van der Waals surface area contributed by atoms with E-state index in [2.05, 4.69) is 0 Å². The third kappa shape index (κ3) is 35.5. The lowest BCUT2D eigenvalue weighted by Crippen LogP contribution is -2.44. The van der Waals surface area contributed by atoms with Gasteiger partial charge in [-0.05, 0) is 201 Å². The predicted octanol–water partition coefficient (Wildman–Crippen LogP) is 18.7. The van der Waals surface area contributed by atoms with E-state index in [4.69, 9.17) is 75.8 Å². The predicted molar refractivity (Wildman–Crippen MR) is 519 cm³/mol. The average molecular weight is 1930 g/mol. The molecule has 730 valence electrons. The van der Waals surface area contributed by atoms with Crippen molar-refractivity contribution in [1.82, 2.24) is 0 Å². The van der Waals surface area contributed by atoms with E-state index in [0.29, 0.717) is 96.0 Å². The van der Waals surface area contributed by atoms with E-state index in [9.17, 15) is 62.3 Å². The van der Waals surface area contributed by atoms with Gasteiger partial charge in [-0.2, -0.15) is 0 Å². The quantitative estimate of drug-likeness (QED) is 0.0253. The van der Waals surface area contributed by atoms with Crippen LogP contribution in [0.5, 0.6) is 17.2 Å². The van der Waals surface area contributed by atoms with Crippen molar-refractivity contribution in [3.63, 3.8) is 0 Å². The molecule has 0 fully saturated rings. The zero-order chi connectivity index (χ0) is 101. The topological polar surface area (TPSA) is 370 Å². The van der Waals surface area contributed by atoms with Crippen LogP contribution in [0.4, 0.5) is 0 Å². The number of rotatable bonds is 43. The van der Waals surface area contributed by atoms with E-state index in [1.54, 1.807) is 376 Å². The Hall–Kier alpha value is -17.6. The number of hydrogen-bond acceptors (Lipinski definition) is 29. The molecule has 13 aromatic carbocycles. The van der Waals surface area contributed by atoms with Crippen LogP contribution in [0.3, 0.4) is 0 Å². The van der Waals surface area contributed by atoms with Gasteiger partial charge in [0.05, 0.1) is 111 Å². The van der Waals surface area contributed by atoms with Crippen molar-refractivity contribution in [3.05, 3.63) is 448 Å².